The van der Waals surface area contributed by atoms with Crippen molar-refractivity contribution in [3.63, 3.8) is 0 Å². The summed E-state index contributed by atoms with van der Waals surface area (Å²) in [5.41, 5.74) is 4.41. The van der Waals surface area contributed by atoms with E-state index in [1.54, 1.807) is 0 Å². The maximum absolute atomic E-state index is 10.2. The zero-order valence-corrected chi connectivity index (χ0v) is 10.2. The first kappa shape index (κ1) is 10.2. The van der Waals surface area contributed by atoms with E-state index in [-0.39, 0.29) is 5.41 Å². The van der Waals surface area contributed by atoms with Crippen molar-refractivity contribution in [3.8, 4) is 5.75 Å². The average Bonchev–Trinajstić information content (AvgIpc) is 2.25. The van der Waals surface area contributed by atoms with Gasteiger partial charge in [-0.2, -0.15) is 0 Å². The Hall–Kier alpha value is -0.980. The Morgan fingerprint density at radius 2 is 2.06 bits per heavy atom. The van der Waals surface area contributed by atoms with Gasteiger partial charge in [0.05, 0.1) is 0 Å². The fourth-order valence-corrected chi connectivity index (χ4v) is 3.68. The molecule has 1 aromatic rings. The number of rotatable bonds is 0. The predicted molar refractivity (Wildman–Crippen MR) is 66.0 cm³/mol. The molecule has 1 N–H and O–H groups in total. The molecule has 1 atom stereocenters. The summed E-state index contributed by atoms with van der Waals surface area (Å²) in [6.45, 7) is 4.54. The van der Waals surface area contributed by atoms with Gasteiger partial charge < -0.3 is 5.11 Å². The van der Waals surface area contributed by atoms with Crippen molar-refractivity contribution < 1.29 is 5.11 Å². The van der Waals surface area contributed by atoms with Crippen molar-refractivity contribution >= 4 is 0 Å². The van der Waals surface area contributed by atoms with E-state index < -0.39 is 0 Å². The molecule has 0 radical (unpaired) electrons. The Kier molecular flexibility index (Phi) is 2.07. The van der Waals surface area contributed by atoms with Gasteiger partial charge in [-0.25, -0.2) is 0 Å². The molecule has 1 heteroatoms. The van der Waals surface area contributed by atoms with Crippen LogP contribution < -0.4 is 0 Å². The molecule has 3 rings (SSSR count). The molecule has 2 aliphatic carbocycles. The minimum atomic E-state index is 0.156. The molecule has 0 saturated heterocycles. The molecule has 2 aliphatic rings. The van der Waals surface area contributed by atoms with Crippen LogP contribution in [0.2, 0.25) is 0 Å². The molecule has 1 aromatic carbocycles. The van der Waals surface area contributed by atoms with Crippen LogP contribution in [0.25, 0.3) is 0 Å². The lowest BCUT2D eigenvalue weighted by Gasteiger charge is -2.41. The molecule has 0 saturated carbocycles. The zero-order valence-electron chi connectivity index (χ0n) is 10.2. The largest absolute Gasteiger partial charge is 0.508 e. The number of aromatic hydroxyl groups is 1. The molecule has 0 bridgehead atoms. The maximum Gasteiger partial charge on any atom is 0.119 e. The van der Waals surface area contributed by atoms with Crippen LogP contribution in [-0.4, -0.2) is 5.11 Å². The SMILES string of the molecule is CC1(C)CCC2CCCc3ccc(O)c1c32. The first-order valence-corrected chi connectivity index (χ1v) is 6.45. The Balaban J connectivity index is 2.28. The molecule has 0 aliphatic heterocycles. The van der Waals surface area contributed by atoms with Crippen LogP contribution in [-0.2, 0) is 11.8 Å². The van der Waals surface area contributed by atoms with Crippen LogP contribution in [0.4, 0.5) is 0 Å². The second kappa shape index (κ2) is 3.26. The van der Waals surface area contributed by atoms with Crippen molar-refractivity contribution in [1.82, 2.24) is 0 Å². The lowest BCUT2D eigenvalue weighted by molar-refractivity contribution is 0.346. The molecule has 0 spiro atoms. The highest BCUT2D eigenvalue weighted by Gasteiger charge is 2.37. The van der Waals surface area contributed by atoms with Gasteiger partial charge >= 0.3 is 0 Å². The Labute approximate surface area is 97.5 Å². The smallest absolute Gasteiger partial charge is 0.119 e. The predicted octanol–water partition coefficient (Wildman–Crippen LogP) is 3.88. The summed E-state index contributed by atoms with van der Waals surface area (Å²) in [7, 11) is 0. The first-order chi connectivity index (χ1) is 7.59. The molecule has 16 heavy (non-hydrogen) atoms. The van der Waals surface area contributed by atoms with Crippen molar-refractivity contribution in [1.29, 1.82) is 0 Å². The van der Waals surface area contributed by atoms with Gasteiger partial charge in [0.1, 0.15) is 5.75 Å². The molecule has 0 heterocycles. The van der Waals surface area contributed by atoms with E-state index in [4.69, 9.17) is 0 Å². The van der Waals surface area contributed by atoms with Gasteiger partial charge in [-0.15, -0.1) is 0 Å². The van der Waals surface area contributed by atoms with Crippen LogP contribution in [0.15, 0.2) is 12.1 Å². The topological polar surface area (TPSA) is 20.2 Å². The molecular formula is C15H20O. The monoisotopic (exact) mass is 216 g/mol. The summed E-state index contributed by atoms with van der Waals surface area (Å²) in [5.74, 6) is 1.24. The maximum atomic E-state index is 10.2. The quantitative estimate of drug-likeness (QED) is 0.697. The summed E-state index contributed by atoms with van der Waals surface area (Å²) in [6.07, 6.45) is 6.36. The molecule has 86 valence electrons. The van der Waals surface area contributed by atoms with Crippen molar-refractivity contribution in [3.05, 3.63) is 28.8 Å². The van der Waals surface area contributed by atoms with Gasteiger partial charge in [-0.1, -0.05) is 19.9 Å². The molecule has 1 nitrogen and oxygen atoms in total. The third kappa shape index (κ3) is 1.30. The van der Waals surface area contributed by atoms with Crippen molar-refractivity contribution in [2.24, 2.45) is 0 Å². The highest BCUT2D eigenvalue weighted by molar-refractivity contribution is 5.52. The van der Waals surface area contributed by atoms with Crippen LogP contribution in [0.1, 0.15) is 62.1 Å². The first-order valence-electron chi connectivity index (χ1n) is 6.45. The fourth-order valence-electron chi connectivity index (χ4n) is 3.68. The molecule has 0 fully saturated rings. The molecule has 0 amide bonds. The normalized spacial score (nSPS) is 26.2. The number of aryl methyl sites for hydroxylation is 1. The summed E-state index contributed by atoms with van der Waals surface area (Å²) < 4.78 is 0. The van der Waals surface area contributed by atoms with Gasteiger partial charge in [0.25, 0.3) is 0 Å². The van der Waals surface area contributed by atoms with Crippen LogP contribution >= 0.6 is 0 Å². The summed E-state index contributed by atoms with van der Waals surface area (Å²) in [5, 5.41) is 10.2. The van der Waals surface area contributed by atoms with E-state index in [2.05, 4.69) is 19.9 Å². The lowest BCUT2D eigenvalue weighted by Crippen LogP contribution is -2.29. The fraction of sp³-hybridized carbons (Fsp3) is 0.600. The summed E-state index contributed by atoms with van der Waals surface area (Å²) >= 11 is 0. The van der Waals surface area contributed by atoms with E-state index in [1.165, 1.54) is 48.8 Å². The molecule has 1 unspecified atom stereocenters. The number of hydrogen-bond acceptors (Lipinski definition) is 1. The number of benzene rings is 1. The number of phenols is 1. The van der Waals surface area contributed by atoms with E-state index in [1.807, 2.05) is 6.07 Å². The summed E-state index contributed by atoms with van der Waals surface area (Å²) in [4.78, 5) is 0. The molecular weight excluding hydrogens is 196 g/mol. The highest BCUT2D eigenvalue weighted by Crippen LogP contribution is 2.51. The van der Waals surface area contributed by atoms with Crippen molar-refractivity contribution in [2.45, 2.75) is 57.3 Å². The van der Waals surface area contributed by atoms with Crippen molar-refractivity contribution in [2.75, 3.05) is 0 Å². The van der Waals surface area contributed by atoms with Gasteiger partial charge in [0.2, 0.25) is 0 Å². The second-order valence-corrected chi connectivity index (χ2v) is 6.04. The second-order valence-electron chi connectivity index (χ2n) is 6.04. The lowest BCUT2D eigenvalue weighted by atomic mass is 9.64. The van der Waals surface area contributed by atoms with E-state index >= 15 is 0 Å². The standard InChI is InChI=1S/C15H20O/c1-15(2)9-8-11-5-3-4-10-6-7-12(16)14(15)13(10)11/h6-7,11,16H,3-5,8-9H2,1-2H3. The third-order valence-electron chi connectivity index (χ3n) is 4.52. The Morgan fingerprint density at radius 1 is 1.25 bits per heavy atom. The van der Waals surface area contributed by atoms with Crippen LogP contribution in [0.5, 0.6) is 5.75 Å². The number of phenolic OH excluding ortho intramolecular Hbond substituents is 1. The minimum Gasteiger partial charge on any atom is -0.508 e. The average molecular weight is 216 g/mol. The Morgan fingerprint density at radius 3 is 2.88 bits per heavy atom. The minimum absolute atomic E-state index is 0.156. The van der Waals surface area contributed by atoms with E-state index in [0.29, 0.717) is 5.75 Å². The van der Waals surface area contributed by atoms with Crippen LogP contribution in [0, 0.1) is 0 Å². The van der Waals surface area contributed by atoms with Gasteiger partial charge in [-0.05, 0) is 60.6 Å². The Bertz CT molecular complexity index is 431. The molecule has 0 aromatic heterocycles. The van der Waals surface area contributed by atoms with Crippen LogP contribution in [0.3, 0.4) is 0 Å². The van der Waals surface area contributed by atoms with Gasteiger partial charge in [0.15, 0.2) is 0 Å². The van der Waals surface area contributed by atoms with Gasteiger partial charge in [-0.3, -0.25) is 0 Å². The van der Waals surface area contributed by atoms with E-state index in [0.717, 1.165) is 5.92 Å². The highest BCUT2D eigenvalue weighted by atomic mass is 16.3. The van der Waals surface area contributed by atoms with Gasteiger partial charge in [0, 0.05) is 5.56 Å². The third-order valence-corrected chi connectivity index (χ3v) is 4.52. The van der Waals surface area contributed by atoms with E-state index in [9.17, 15) is 5.11 Å². The zero-order chi connectivity index (χ0) is 11.3. The summed E-state index contributed by atoms with van der Waals surface area (Å²) in [6, 6.07) is 4.05. The number of hydrogen-bond donors (Lipinski definition) is 1.